The monoisotopic (exact) mass is 610 g/mol. The Kier molecular flexibility index (Phi) is 8.96. The van der Waals surface area contributed by atoms with Crippen LogP contribution in [0.15, 0.2) is 97.1 Å². The average molecular weight is 611 g/mol. The number of hydrogen-bond acceptors (Lipinski definition) is 6. The quantitative estimate of drug-likeness (QED) is 0.243. The van der Waals surface area contributed by atoms with Crippen LogP contribution in [0.3, 0.4) is 0 Å². The summed E-state index contributed by atoms with van der Waals surface area (Å²) in [4.78, 5) is 58.6. The number of nitrogens with zero attached hydrogens (tertiary/aromatic N) is 3. The Balaban J connectivity index is 1.55. The third-order valence-corrected chi connectivity index (χ3v) is 7.63. The number of rotatable bonds is 10. The number of fused-ring (bicyclic) bond motifs is 1. The maximum absolute atomic E-state index is 14.3. The van der Waals surface area contributed by atoms with Crippen LogP contribution in [0.2, 0.25) is 5.02 Å². The molecule has 0 saturated heterocycles. The normalized spacial score (nSPS) is 12.9. The SMILES string of the molecule is COc1cccc(C(C(=O)Nc2ccc(N(C)C)cc2)N(Cc2ccc(Cl)cc2)C(=O)CN2C(=O)C(=O)c3ccccc32)c1. The summed E-state index contributed by atoms with van der Waals surface area (Å²) in [6.45, 7) is -0.428. The topological polar surface area (TPSA) is 99.3 Å². The van der Waals surface area contributed by atoms with Crippen molar-refractivity contribution in [3.05, 3.63) is 119 Å². The first kappa shape index (κ1) is 30.3. The number of anilines is 3. The van der Waals surface area contributed by atoms with Gasteiger partial charge in [-0.05, 0) is 71.8 Å². The number of ketones is 1. The van der Waals surface area contributed by atoms with Crippen molar-refractivity contribution >= 4 is 52.2 Å². The van der Waals surface area contributed by atoms with Gasteiger partial charge in [0.2, 0.25) is 5.91 Å². The van der Waals surface area contributed by atoms with Crippen molar-refractivity contribution in [2.24, 2.45) is 0 Å². The highest BCUT2D eigenvalue weighted by Gasteiger charge is 2.39. The van der Waals surface area contributed by atoms with E-state index in [1.54, 1.807) is 84.9 Å². The number of nitrogens with one attached hydrogen (secondary N) is 1. The second kappa shape index (κ2) is 13.0. The van der Waals surface area contributed by atoms with Crippen molar-refractivity contribution in [3.63, 3.8) is 0 Å². The molecule has 3 amide bonds. The van der Waals surface area contributed by atoms with E-state index in [0.717, 1.165) is 10.6 Å². The van der Waals surface area contributed by atoms with Gasteiger partial charge in [-0.2, -0.15) is 0 Å². The van der Waals surface area contributed by atoms with Crippen molar-refractivity contribution in [1.82, 2.24) is 4.90 Å². The zero-order valence-corrected chi connectivity index (χ0v) is 25.2. The number of para-hydroxylation sites is 1. The highest BCUT2D eigenvalue weighted by atomic mass is 35.5. The van der Waals surface area contributed by atoms with E-state index in [4.69, 9.17) is 16.3 Å². The zero-order valence-electron chi connectivity index (χ0n) is 24.5. The summed E-state index contributed by atoms with van der Waals surface area (Å²) < 4.78 is 5.44. The Labute approximate surface area is 260 Å². The van der Waals surface area contributed by atoms with Crippen LogP contribution in [0.1, 0.15) is 27.5 Å². The number of hydrogen-bond donors (Lipinski definition) is 1. The van der Waals surface area contributed by atoms with E-state index in [9.17, 15) is 19.2 Å². The molecular formula is C34H31ClN4O5. The minimum Gasteiger partial charge on any atom is -0.497 e. The molecule has 1 heterocycles. The Morgan fingerprint density at radius 1 is 0.909 bits per heavy atom. The van der Waals surface area contributed by atoms with E-state index in [0.29, 0.717) is 33.3 Å². The smallest absolute Gasteiger partial charge is 0.299 e. The molecule has 0 bridgehead atoms. The lowest BCUT2D eigenvalue weighted by molar-refractivity contribution is -0.139. The second-order valence-electron chi connectivity index (χ2n) is 10.5. The molecule has 1 atom stereocenters. The fraction of sp³-hybridized carbons (Fsp3) is 0.176. The molecule has 0 saturated carbocycles. The summed E-state index contributed by atoms with van der Waals surface area (Å²) in [5.41, 5.74) is 3.29. The molecule has 1 N–H and O–H groups in total. The van der Waals surface area contributed by atoms with Gasteiger partial charge in [-0.15, -0.1) is 0 Å². The Morgan fingerprint density at radius 2 is 1.61 bits per heavy atom. The summed E-state index contributed by atoms with van der Waals surface area (Å²) in [6.07, 6.45) is 0. The van der Waals surface area contributed by atoms with Crippen LogP contribution < -0.4 is 19.9 Å². The van der Waals surface area contributed by atoms with Crippen molar-refractivity contribution < 1.29 is 23.9 Å². The predicted molar refractivity (Wildman–Crippen MR) is 170 cm³/mol. The number of carbonyl (C=O) groups excluding carboxylic acids is 4. The summed E-state index contributed by atoms with van der Waals surface area (Å²) in [5.74, 6) is -1.98. The van der Waals surface area contributed by atoms with Crippen molar-refractivity contribution in [3.8, 4) is 5.75 Å². The average Bonchev–Trinajstić information content (AvgIpc) is 3.26. The number of Topliss-reactive ketones (excluding diaryl/α,β-unsaturated/α-hetero) is 1. The molecule has 0 radical (unpaired) electrons. The molecule has 0 spiro atoms. The van der Waals surface area contributed by atoms with Crippen LogP contribution in [0.4, 0.5) is 17.1 Å². The van der Waals surface area contributed by atoms with E-state index in [-0.39, 0.29) is 12.1 Å². The van der Waals surface area contributed by atoms with Gasteiger partial charge >= 0.3 is 0 Å². The molecule has 4 aromatic rings. The summed E-state index contributed by atoms with van der Waals surface area (Å²) in [7, 11) is 5.36. The minimum absolute atomic E-state index is 0.0164. The van der Waals surface area contributed by atoms with Gasteiger partial charge in [0.15, 0.2) is 0 Å². The van der Waals surface area contributed by atoms with Gasteiger partial charge in [0.25, 0.3) is 17.6 Å². The van der Waals surface area contributed by atoms with Gasteiger partial charge in [-0.1, -0.05) is 48.0 Å². The highest BCUT2D eigenvalue weighted by molar-refractivity contribution is 6.52. The molecule has 0 fully saturated rings. The molecule has 4 aromatic carbocycles. The van der Waals surface area contributed by atoms with Gasteiger partial charge < -0.3 is 19.9 Å². The third kappa shape index (κ3) is 6.43. The van der Waals surface area contributed by atoms with Crippen LogP contribution in [-0.2, 0) is 20.9 Å². The number of methoxy groups -OCH3 is 1. The number of carbonyl (C=O) groups is 4. The molecule has 1 aliphatic heterocycles. The van der Waals surface area contributed by atoms with E-state index < -0.39 is 36.1 Å². The van der Waals surface area contributed by atoms with Gasteiger partial charge in [-0.25, -0.2) is 0 Å². The highest BCUT2D eigenvalue weighted by Crippen LogP contribution is 2.32. The molecule has 0 aliphatic carbocycles. The van der Waals surface area contributed by atoms with Gasteiger partial charge in [0, 0.05) is 37.0 Å². The lowest BCUT2D eigenvalue weighted by Crippen LogP contribution is -2.46. The van der Waals surface area contributed by atoms with Crippen molar-refractivity contribution in [2.45, 2.75) is 12.6 Å². The summed E-state index contributed by atoms with van der Waals surface area (Å²) >= 11 is 6.13. The largest absolute Gasteiger partial charge is 0.497 e. The standard InChI is InChI=1S/C34H31ClN4O5/c1-37(2)26-17-15-25(16-18-26)36-33(42)31(23-7-6-8-27(19-23)44-3)39(20-22-11-13-24(35)14-12-22)30(40)21-38-29-10-5-4-9-28(29)32(41)34(38)43/h4-19,31H,20-21H2,1-3H3,(H,36,42). The molecule has 0 aromatic heterocycles. The number of benzene rings is 4. The second-order valence-corrected chi connectivity index (χ2v) is 10.9. The van der Waals surface area contributed by atoms with Gasteiger partial charge in [-0.3, -0.25) is 24.1 Å². The van der Waals surface area contributed by atoms with Crippen LogP contribution in [0, 0.1) is 0 Å². The van der Waals surface area contributed by atoms with Crippen molar-refractivity contribution in [1.29, 1.82) is 0 Å². The minimum atomic E-state index is -1.13. The molecule has 10 heteroatoms. The number of amides is 3. The van der Waals surface area contributed by atoms with Gasteiger partial charge in [0.1, 0.15) is 18.3 Å². The molecule has 1 aliphatic rings. The molecule has 1 unspecified atom stereocenters. The maximum Gasteiger partial charge on any atom is 0.299 e. The Hall–Kier alpha value is -5.15. The fourth-order valence-electron chi connectivity index (χ4n) is 5.08. The van der Waals surface area contributed by atoms with Gasteiger partial charge in [0.05, 0.1) is 18.4 Å². The summed E-state index contributed by atoms with van der Waals surface area (Å²) in [6, 6.07) is 26.6. The Morgan fingerprint density at radius 3 is 2.30 bits per heavy atom. The van der Waals surface area contributed by atoms with E-state index in [1.807, 2.05) is 31.1 Å². The molecule has 44 heavy (non-hydrogen) atoms. The number of halogens is 1. The van der Waals surface area contributed by atoms with Crippen LogP contribution in [-0.4, -0.2) is 56.2 Å². The molecule has 224 valence electrons. The van der Waals surface area contributed by atoms with E-state index >= 15 is 0 Å². The predicted octanol–water partition coefficient (Wildman–Crippen LogP) is 5.35. The lowest BCUT2D eigenvalue weighted by atomic mass is 10.0. The third-order valence-electron chi connectivity index (χ3n) is 7.38. The fourth-order valence-corrected chi connectivity index (χ4v) is 5.21. The van der Waals surface area contributed by atoms with Crippen LogP contribution >= 0.6 is 11.6 Å². The van der Waals surface area contributed by atoms with Crippen molar-refractivity contribution in [2.75, 3.05) is 42.9 Å². The first-order valence-corrected chi connectivity index (χ1v) is 14.3. The molecule has 9 nitrogen and oxygen atoms in total. The molecule has 5 rings (SSSR count). The van der Waals surface area contributed by atoms with Crippen LogP contribution in [0.5, 0.6) is 5.75 Å². The first-order valence-electron chi connectivity index (χ1n) is 13.9. The van der Waals surface area contributed by atoms with E-state index in [1.165, 1.54) is 12.0 Å². The number of ether oxygens (including phenoxy) is 1. The molecular weight excluding hydrogens is 580 g/mol. The summed E-state index contributed by atoms with van der Waals surface area (Å²) in [5, 5.41) is 3.47. The maximum atomic E-state index is 14.3. The Bertz CT molecular complexity index is 1710. The zero-order chi connectivity index (χ0) is 31.4. The first-order chi connectivity index (χ1) is 21.2. The van der Waals surface area contributed by atoms with Crippen LogP contribution in [0.25, 0.3) is 0 Å². The van der Waals surface area contributed by atoms with E-state index in [2.05, 4.69) is 5.32 Å². The lowest BCUT2D eigenvalue weighted by Gasteiger charge is -2.33.